The van der Waals surface area contributed by atoms with Gasteiger partial charge in [-0.05, 0) is 33.0 Å². The van der Waals surface area contributed by atoms with Crippen LogP contribution < -0.4 is 5.73 Å². The Balaban J connectivity index is 2.39. The fourth-order valence-electron chi connectivity index (χ4n) is 1.94. The maximum absolute atomic E-state index is 6.01. The molecule has 4 heteroatoms. The van der Waals surface area contributed by atoms with Crippen LogP contribution in [0, 0.1) is 5.41 Å². The Morgan fingerprint density at radius 2 is 2.14 bits per heavy atom. The highest BCUT2D eigenvalue weighted by Gasteiger charge is 2.56. The highest BCUT2D eigenvalue weighted by Crippen LogP contribution is 2.58. The number of nitrogens with two attached hydrogens (primary N) is 1. The van der Waals surface area contributed by atoms with Crippen molar-refractivity contribution in [3.05, 3.63) is 27.5 Å². The van der Waals surface area contributed by atoms with E-state index in [0.717, 1.165) is 4.47 Å². The number of aromatic nitrogens is 1. The van der Waals surface area contributed by atoms with E-state index in [1.807, 2.05) is 6.07 Å². The zero-order valence-corrected chi connectivity index (χ0v) is 10.4. The Morgan fingerprint density at radius 3 is 2.64 bits per heavy atom. The van der Waals surface area contributed by atoms with Gasteiger partial charge < -0.3 is 5.73 Å². The molecule has 0 unspecified atom stereocenters. The largest absolute Gasteiger partial charge is 0.327 e. The van der Waals surface area contributed by atoms with E-state index in [9.17, 15) is 0 Å². The zero-order chi connectivity index (χ0) is 10.5. The molecule has 2 N–H and O–H groups in total. The molecule has 0 amide bonds. The molecular weight excluding hydrogens is 263 g/mol. The number of hydrogen-bond donors (Lipinski definition) is 1. The molecule has 0 bridgehead atoms. The van der Waals surface area contributed by atoms with Crippen molar-refractivity contribution in [1.82, 2.24) is 4.98 Å². The van der Waals surface area contributed by atoms with Crippen LogP contribution >= 0.6 is 27.5 Å². The Labute approximate surface area is 97.0 Å². The summed E-state index contributed by atoms with van der Waals surface area (Å²) in [5, 5.41) is 0.526. The van der Waals surface area contributed by atoms with Crippen LogP contribution in [0.1, 0.15) is 25.3 Å². The second-order valence-corrected chi connectivity index (χ2v) is 5.59. The molecule has 1 fully saturated rings. The number of halogens is 2. The van der Waals surface area contributed by atoms with Crippen LogP contribution in [0.15, 0.2) is 16.7 Å². The molecule has 1 aromatic rings. The molecule has 1 aliphatic carbocycles. The first-order valence-corrected chi connectivity index (χ1v) is 5.68. The number of pyridine rings is 1. The van der Waals surface area contributed by atoms with E-state index in [2.05, 4.69) is 34.8 Å². The quantitative estimate of drug-likeness (QED) is 0.800. The van der Waals surface area contributed by atoms with Gasteiger partial charge >= 0.3 is 0 Å². The summed E-state index contributed by atoms with van der Waals surface area (Å²) in [6, 6.07) is 2.11. The monoisotopic (exact) mass is 274 g/mol. The second kappa shape index (κ2) is 3.19. The minimum Gasteiger partial charge on any atom is -0.327 e. The lowest BCUT2D eigenvalue weighted by atomic mass is 10.0. The van der Waals surface area contributed by atoms with Crippen molar-refractivity contribution in [2.75, 3.05) is 0 Å². The Morgan fingerprint density at radius 1 is 1.57 bits per heavy atom. The van der Waals surface area contributed by atoms with Gasteiger partial charge in [-0.25, -0.2) is 4.98 Å². The lowest BCUT2D eigenvalue weighted by molar-refractivity contribution is 0.598. The van der Waals surface area contributed by atoms with E-state index < -0.39 is 0 Å². The Kier molecular flexibility index (Phi) is 2.37. The van der Waals surface area contributed by atoms with Crippen molar-refractivity contribution >= 4 is 27.5 Å². The normalized spacial score (nSPS) is 28.9. The summed E-state index contributed by atoms with van der Waals surface area (Å²) in [4.78, 5) is 4.00. The van der Waals surface area contributed by atoms with Gasteiger partial charge in [0, 0.05) is 22.6 Å². The molecule has 1 aromatic heterocycles. The average molecular weight is 276 g/mol. The summed E-state index contributed by atoms with van der Waals surface area (Å²) in [5.41, 5.74) is 7.35. The third-order valence-corrected chi connectivity index (χ3v) is 3.97. The lowest BCUT2D eigenvalue weighted by Gasteiger charge is -2.05. The molecule has 76 valence electrons. The SMILES string of the molecule is CC1(C)[C@@H](N)[C@@H]1c1cc(Cl)ncc1Br. The van der Waals surface area contributed by atoms with Crippen molar-refractivity contribution in [2.45, 2.75) is 25.8 Å². The van der Waals surface area contributed by atoms with E-state index in [0.29, 0.717) is 11.1 Å². The van der Waals surface area contributed by atoms with Crippen LogP contribution in [-0.4, -0.2) is 11.0 Å². The minimum atomic E-state index is 0.174. The van der Waals surface area contributed by atoms with Gasteiger partial charge in [0.2, 0.25) is 0 Å². The van der Waals surface area contributed by atoms with E-state index in [4.69, 9.17) is 17.3 Å². The highest BCUT2D eigenvalue weighted by atomic mass is 79.9. The van der Waals surface area contributed by atoms with Crippen molar-refractivity contribution in [3.8, 4) is 0 Å². The summed E-state index contributed by atoms with van der Waals surface area (Å²) < 4.78 is 0.993. The van der Waals surface area contributed by atoms with Crippen molar-refractivity contribution in [2.24, 2.45) is 11.1 Å². The van der Waals surface area contributed by atoms with E-state index in [1.165, 1.54) is 5.56 Å². The summed E-state index contributed by atoms with van der Waals surface area (Å²) in [5.74, 6) is 0.386. The van der Waals surface area contributed by atoms with Crippen molar-refractivity contribution < 1.29 is 0 Å². The fraction of sp³-hybridized carbons (Fsp3) is 0.500. The molecule has 1 aliphatic rings. The number of rotatable bonds is 1. The van der Waals surface area contributed by atoms with Crippen LogP contribution in [0.2, 0.25) is 5.15 Å². The average Bonchev–Trinajstić information content (AvgIpc) is 2.58. The third-order valence-electron chi connectivity index (χ3n) is 3.10. The van der Waals surface area contributed by atoms with Gasteiger partial charge in [0.15, 0.2) is 0 Å². The van der Waals surface area contributed by atoms with E-state index in [1.54, 1.807) is 6.20 Å². The van der Waals surface area contributed by atoms with Crippen LogP contribution in [0.5, 0.6) is 0 Å². The molecule has 2 atom stereocenters. The van der Waals surface area contributed by atoms with Crippen LogP contribution in [0.4, 0.5) is 0 Å². The van der Waals surface area contributed by atoms with Crippen LogP contribution in [0.25, 0.3) is 0 Å². The zero-order valence-electron chi connectivity index (χ0n) is 8.09. The van der Waals surface area contributed by atoms with Gasteiger partial charge in [-0.15, -0.1) is 0 Å². The first kappa shape index (κ1) is 10.4. The lowest BCUT2D eigenvalue weighted by Crippen LogP contribution is -2.06. The first-order valence-electron chi connectivity index (χ1n) is 4.51. The molecular formula is C10H12BrClN2. The Hall–Kier alpha value is -0.120. The predicted octanol–water partition coefficient (Wildman–Crippen LogP) is 2.95. The first-order chi connectivity index (χ1) is 6.44. The van der Waals surface area contributed by atoms with Gasteiger partial charge in [-0.3, -0.25) is 0 Å². The van der Waals surface area contributed by atoms with Crippen molar-refractivity contribution in [3.63, 3.8) is 0 Å². The molecule has 1 saturated carbocycles. The van der Waals surface area contributed by atoms with Crippen LogP contribution in [0.3, 0.4) is 0 Å². The summed E-state index contributed by atoms with van der Waals surface area (Å²) in [6.45, 7) is 4.34. The third kappa shape index (κ3) is 1.47. The van der Waals surface area contributed by atoms with Gasteiger partial charge in [0.05, 0.1) is 0 Å². The molecule has 0 saturated heterocycles. The molecule has 0 spiro atoms. The van der Waals surface area contributed by atoms with Crippen molar-refractivity contribution in [1.29, 1.82) is 0 Å². The molecule has 0 radical (unpaired) electrons. The van der Waals surface area contributed by atoms with E-state index in [-0.39, 0.29) is 11.5 Å². The molecule has 0 aliphatic heterocycles. The minimum absolute atomic E-state index is 0.174. The highest BCUT2D eigenvalue weighted by molar-refractivity contribution is 9.10. The van der Waals surface area contributed by atoms with Gasteiger partial charge in [-0.1, -0.05) is 25.4 Å². The van der Waals surface area contributed by atoms with Crippen LogP contribution in [-0.2, 0) is 0 Å². The number of hydrogen-bond acceptors (Lipinski definition) is 2. The van der Waals surface area contributed by atoms with Gasteiger partial charge in [0.25, 0.3) is 0 Å². The summed E-state index contributed by atoms with van der Waals surface area (Å²) in [6.07, 6.45) is 1.73. The Bertz CT molecular complexity index is 378. The number of nitrogens with zero attached hydrogens (tertiary/aromatic N) is 1. The molecule has 2 rings (SSSR count). The second-order valence-electron chi connectivity index (χ2n) is 4.35. The maximum Gasteiger partial charge on any atom is 0.129 e. The topological polar surface area (TPSA) is 38.9 Å². The fourth-order valence-corrected chi connectivity index (χ4v) is 2.57. The standard InChI is InChI=1S/C10H12BrClN2/c1-10(2)8(9(10)13)5-3-7(12)14-4-6(5)11/h3-4,8-9H,13H2,1-2H3/t8-,9-/m0/s1. The van der Waals surface area contributed by atoms with Gasteiger partial charge in [0.1, 0.15) is 5.15 Å². The molecule has 0 aromatic carbocycles. The summed E-state index contributed by atoms with van der Waals surface area (Å²) >= 11 is 9.33. The van der Waals surface area contributed by atoms with Gasteiger partial charge in [-0.2, -0.15) is 0 Å². The molecule has 1 heterocycles. The summed E-state index contributed by atoms with van der Waals surface area (Å²) in [7, 11) is 0. The smallest absolute Gasteiger partial charge is 0.129 e. The maximum atomic E-state index is 6.01. The molecule has 14 heavy (non-hydrogen) atoms. The molecule has 2 nitrogen and oxygen atoms in total. The van der Waals surface area contributed by atoms with E-state index >= 15 is 0 Å². The predicted molar refractivity (Wildman–Crippen MR) is 61.4 cm³/mol.